The Morgan fingerprint density at radius 1 is 1.17 bits per heavy atom. The van der Waals surface area contributed by atoms with Crippen molar-refractivity contribution in [2.24, 2.45) is 0 Å². The van der Waals surface area contributed by atoms with Crippen molar-refractivity contribution in [3.8, 4) is 0 Å². The first-order valence-electron chi connectivity index (χ1n) is 5.17. The molecule has 0 spiro atoms. The number of hydrogen-bond acceptors (Lipinski definition) is 4. The van der Waals surface area contributed by atoms with E-state index in [1.165, 1.54) is 12.3 Å². The first kappa shape index (κ1) is 12.9. The van der Waals surface area contributed by atoms with Crippen molar-refractivity contribution in [1.29, 1.82) is 0 Å². The van der Waals surface area contributed by atoms with Crippen LogP contribution < -0.4 is 5.73 Å². The van der Waals surface area contributed by atoms with E-state index in [-0.39, 0.29) is 16.5 Å². The van der Waals surface area contributed by atoms with Crippen molar-refractivity contribution in [1.82, 2.24) is 4.98 Å². The summed E-state index contributed by atoms with van der Waals surface area (Å²) in [7, 11) is -3.59. The molecule has 2 N–H and O–H groups in total. The fraction of sp³-hybridized carbons (Fsp3) is 0.0833. The van der Waals surface area contributed by atoms with Gasteiger partial charge in [0.05, 0.1) is 11.4 Å². The predicted molar refractivity (Wildman–Crippen MR) is 71.0 cm³/mol. The number of pyridine rings is 1. The molecule has 0 saturated heterocycles. The van der Waals surface area contributed by atoms with Crippen molar-refractivity contribution >= 4 is 27.1 Å². The van der Waals surface area contributed by atoms with Crippen molar-refractivity contribution in [2.75, 3.05) is 5.73 Å². The Balaban J connectivity index is 2.40. The fourth-order valence-corrected chi connectivity index (χ4v) is 3.28. The van der Waals surface area contributed by atoms with Gasteiger partial charge in [-0.3, -0.25) is 0 Å². The van der Waals surface area contributed by atoms with Crippen LogP contribution in [0, 0.1) is 0 Å². The molecule has 4 nitrogen and oxygen atoms in total. The number of aromatic nitrogens is 1. The zero-order valence-electron chi connectivity index (χ0n) is 9.38. The maximum atomic E-state index is 12.2. The van der Waals surface area contributed by atoms with Gasteiger partial charge in [0.1, 0.15) is 0 Å². The largest absolute Gasteiger partial charge is 0.396 e. The van der Waals surface area contributed by atoms with Gasteiger partial charge in [0.15, 0.2) is 5.03 Å². The summed E-state index contributed by atoms with van der Waals surface area (Å²) in [6.07, 6.45) is 1.40. The van der Waals surface area contributed by atoms with E-state index in [1.807, 2.05) is 0 Å². The van der Waals surface area contributed by atoms with Gasteiger partial charge < -0.3 is 5.73 Å². The lowest BCUT2D eigenvalue weighted by Crippen LogP contribution is -2.10. The third-order valence-electron chi connectivity index (χ3n) is 2.40. The predicted octanol–water partition coefficient (Wildman–Crippen LogP) is 2.29. The SMILES string of the molecule is Nc1cccnc1S(=O)(=O)Cc1ccccc1Cl. The van der Waals surface area contributed by atoms with Gasteiger partial charge in [0.2, 0.25) is 9.84 Å². The van der Waals surface area contributed by atoms with Crippen LogP contribution in [0.5, 0.6) is 0 Å². The average molecular weight is 283 g/mol. The summed E-state index contributed by atoms with van der Waals surface area (Å²) in [6.45, 7) is 0. The van der Waals surface area contributed by atoms with Crippen LogP contribution in [0.1, 0.15) is 5.56 Å². The Labute approximate surface area is 110 Å². The van der Waals surface area contributed by atoms with Gasteiger partial charge in [0.25, 0.3) is 0 Å². The number of rotatable bonds is 3. The highest BCUT2D eigenvalue weighted by atomic mass is 35.5. The Bertz CT molecular complexity index is 671. The number of halogens is 1. The molecule has 2 rings (SSSR count). The molecule has 0 amide bonds. The van der Waals surface area contributed by atoms with E-state index >= 15 is 0 Å². The topological polar surface area (TPSA) is 73.0 Å². The molecule has 1 heterocycles. The molecule has 0 aliphatic rings. The number of hydrogen-bond donors (Lipinski definition) is 1. The molecule has 0 bridgehead atoms. The molecule has 0 radical (unpaired) electrons. The third-order valence-corrected chi connectivity index (χ3v) is 4.39. The van der Waals surface area contributed by atoms with E-state index in [1.54, 1.807) is 30.3 Å². The molecule has 0 aliphatic heterocycles. The molecule has 0 aliphatic carbocycles. The summed E-state index contributed by atoms with van der Waals surface area (Å²) in [6, 6.07) is 9.88. The van der Waals surface area contributed by atoms with Gasteiger partial charge in [-0.2, -0.15) is 0 Å². The molecule has 1 aromatic carbocycles. The van der Waals surface area contributed by atoms with Crippen molar-refractivity contribution in [3.05, 3.63) is 53.2 Å². The van der Waals surface area contributed by atoms with E-state index < -0.39 is 9.84 Å². The lowest BCUT2D eigenvalue weighted by atomic mass is 10.2. The highest BCUT2D eigenvalue weighted by Crippen LogP contribution is 2.23. The second-order valence-electron chi connectivity index (χ2n) is 3.75. The normalized spacial score (nSPS) is 11.4. The molecule has 2 aromatic rings. The van der Waals surface area contributed by atoms with E-state index in [9.17, 15) is 8.42 Å². The van der Waals surface area contributed by atoms with Crippen molar-refractivity contribution in [2.45, 2.75) is 10.8 Å². The summed E-state index contributed by atoms with van der Waals surface area (Å²) >= 11 is 5.94. The summed E-state index contributed by atoms with van der Waals surface area (Å²) in [5.74, 6) is -0.214. The van der Waals surface area contributed by atoms with Gasteiger partial charge in [-0.25, -0.2) is 13.4 Å². The fourth-order valence-electron chi connectivity index (χ4n) is 1.55. The van der Waals surface area contributed by atoms with Crippen LogP contribution in [0.15, 0.2) is 47.6 Å². The molecular weight excluding hydrogens is 272 g/mol. The van der Waals surface area contributed by atoms with Crippen LogP contribution in [0.4, 0.5) is 5.69 Å². The Hall–Kier alpha value is -1.59. The lowest BCUT2D eigenvalue weighted by molar-refractivity contribution is 0.592. The van der Waals surface area contributed by atoms with E-state index in [0.717, 1.165) is 0 Å². The Morgan fingerprint density at radius 2 is 1.89 bits per heavy atom. The van der Waals surface area contributed by atoms with Gasteiger partial charge in [-0.05, 0) is 23.8 Å². The van der Waals surface area contributed by atoms with Gasteiger partial charge in [-0.15, -0.1) is 0 Å². The Kier molecular flexibility index (Phi) is 3.54. The summed E-state index contributed by atoms with van der Waals surface area (Å²) in [5, 5.41) is 0.306. The standard InChI is InChI=1S/C12H11ClN2O2S/c13-10-5-2-1-4-9(10)8-18(16,17)12-11(14)6-3-7-15-12/h1-7H,8,14H2. The van der Waals surface area contributed by atoms with Gasteiger partial charge in [0, 0.05) is 11.2 Å². The second-order valence-corrected chi connectivity index (χ2v) is 6.06. The van der Waals surface area contributed by atoms with Crippen LogP contribution in [-0.2, 0) is 15.6 Å². The number of nitrogen functional groups attached to an aromatic ring is 1. The van der Waals surface area contributed by atoms with Crippen LogP contribution in [0.3, 0.4) is 0 Å². The lowest BCUT2D eigenvalue weighted by Gasteiger charge is -2.07. The van der Waals surface area contributed by atoms with E-state index in [2.05, 4.69) is 4.98 Å². The van der Waals surface area contributed by atoms with Crippen LogP contribution >= 0.6 is 11.6 Å². The molecule has 6 heteroatoms. The first-order chi connectivity index (χ1) is 8.50. The molecule has 18 heavy (non-hydrogen) atoms. The van der Waals surface area contributed by atoms with Gasteiger partial charge in [-0.1, -0.05) is 29.8 Å². The van der Waals surface area contributed by atoms with E-state index in [0.29, 0.717) is 10.6 Å². The minimum Gasteiger partial charge on any atom is -0.396 e. The number of anilines is 1. The number of benzene rings is 1. The summed E-state index contributed by atoms with van der Waals surface area (Å²) < 4.78 is 24.3. The molecule has 0 unspecified atom stereocenters. The van der Waals surface area contributed by atoms with Crippen LogP contribution in [-0.4, -0.2) is 13.4 Å². The maximum Gasteiger partial charge on any atom is 0.201 e. The second kappa shape index (κ2) is 4.96. The zero-order valence-corrected chi connectivity index (χ0v) is 10.9. The average Bonchev–Trinajstić information content (AvgIpc) is 2.32. The highest BCUT2D eigenvalue weighted by Gasteiger charge is 2.20. The molecule has 94 valence electrons. The Morgan fingerprint density at radius 3 is 2.56 bits per heavy atom. The number of sulfone groups is 1. The molecule has 1 aromatic heterocycles. The van der Waals surface area contributed by atoms with E-state index in [4.69, 9.17) is 17.3 Å². The number of nitrogens with two attached hydrogens (primary N) is 1. The molecule has 0 fully saturated rings. The smallest absolute Gasteiger partial charge is 0.201 e. The highest BCUT2D eigenvalue weighted by molar-refractivity contribution is 7.90. The summed E-state index contributed by atoms with van der Waals surface area (Å²) in [5.41, 5.74) is 6.30. The van der Waals surface area contributed by atoms with Crippen molar-refractivity contribution in [3.63, 3.8) is 0 Å². The minimum absolute atomic E-state index is 0.107. The first-order valence-corrected chi connectivity index (χ1v) is 7.20. The zero-order chi connectivity index (χ0) is 13.2. The minimum atomic E-state index is -3.59. The quantitative estimate of drug-likeness (QED) is 0.937. The summed E-state index contributed by atoms with van der Waals surface area (Å²) in [4.78, 5) is 3.82. The monoisotopic (exact) mass is 282 g/mol. The number of nitrogens with zero attached hydrogens (tertiary/aromatic N) is 1. The maximum absolute atomic E-state index is 12.2. The van der Waals surface area contributed by atoms with Crippen molar-refractivity contribution < 1.29 is 8.42 Å². The third kappa shape index (κ3) is 2.63. The van der Waals surface area contributed by atoms with Gasteiger partial charge >= 0.3 is 0 Å². The molecule has 0 saturated carbocycles. The van der Waals surface area contributed by atoms with Crippen LogP contribution in [0.25, 0.3) is 0 Å². The molecular formula is C12H11ClN2O2S. The van der Waals surface area contributed by atoms with Crippen LogP contribution in [0.2, 0.25) is 5.02 Å². The molecule has 0 atom stereocenters.